The van der Waals surface area contributed by atoms with Gasteiger partial charge in [0.05, 0.1) is 23.1 Å². The number of halogens is 3. The second kappa shape index (κ2) is 9.19. The van der Waals surface area contributed by atoms with Gasteiger partial charge in [-0.1, -0.05) is 19.9 Å². The van der Waals surface area contributed by atoms with Gasteiger partial charge in [0.1, 0.15) is 0 Å². The molecule has 0 N–H and O–H groups in total. The molecule has 0 aromatic heterocycles. The highest BCUT2D eigenvalue weighted by Crippen LogP contribution is 2.33. The van der Waals surface area contributed by atoms with E-state index in [1.54, 1.807) is 13.0 Å². The van der Waals surface area contributed by atoms with Crippen LogP contribution in [0.5, 0.6) is 0 Å². The summed E-state index contributed by atoms with van der Waals surface area (Å²) in [7, 11) is -2.80. The molecule has 0 aliphatic rings. The lowest BCUT2D eigenvalue weighted by atomic mass is 10.1. The van der Waals surface area contributed by atoms with Crippen molar-refractivity contribution in [3.8, 4) is 0 Å². The fraction of sp³-hybridized carbons (Fsp3) is 0.316. The second-order valence-corrected chi connectivity index (χ2v) is 9.09. The molecule has 0 atom stereocenters. The van der Waals surface area contributed by atoms with E-state index in [4.69, 9.17) is 4.74 Å². The largest absolute Gasteiger partial charge is 0.465 e. The number of methoxy groups -OCH3 is 1. The van der Waals surface area contributed by atoms with Crippen LogP contribution in [0.4, 0.5) is 13.2 Å². The van der Waals surface area contributed by atoms with Crippen LogP contribution < -0.4 is 0 Å². The number of benzene rings is 2. The molecular weight excluding hydrogens is 427 g/mol. The number of carbonyl (C=O) groups is 1. The molecule has 0 aliphatic heterocycles. The normalized spacial score (nSPS) is 12.2. The van der Waals surface area contributed by atoms with E-state index in [-0.39, 0.29) is 17.0 Å². The van der Waals surface area contributed by atoms with Crippen LogP contribution in [0.15, 0.2) is 52.3 Å². The summed E-state index contributed by atoms with van der Waals surface area (Å²) in [5.74, 6) is -0.641. The minimum Gasteiger partial charge on any atom is -0.465 e. The zero-order chi connectivity index (χ0) is 21.8. The summed E-state index contributed by atoms with van der Waals surface area (Å²) in [5.41, 5.74) is -0.00784. The maximum absolute atomic E-state index is 13.0. The quantitative estimate of drug-likeness (QED) is 0.452. The minimum absolute atomic E-state index is 0.0666. The second-order valence-electron chi connectivity index (χ2n) is 5.90. The highest BCUT2D eigenvalue weighted by atomic mass is 32.3. The standard InChI is InChI=1S/C19H20F3NO4S2/c1-4-13-6-11-16(12-17(13)18(24)27-3)29(25,26)23(5-2)28-15-9-7-14(8-10-15)19(20,21)22/h6-12H,4-5H2,1-3H3. The van der Waals surface area contributed by atoms with Crippen molar-refractivity contribution >= 4 is 27.9 Å². The van der Waals surface area contributed by atoms with Crippen molar-refractivity contribution in [2.75, 3.05) is 13.7 Å². The molecule has 10 heteroatoms. The molecular formula is C19H20F3NO4S2. The Labute approximate surface area is 172 Å². The van der Waals surface area contributed by atoms with Crippen molar-refractivity contribution < 1.29 is 31.1 Å². The molecule has 29 heavy (non-hydrogen) atoms. The first-order valence-corrected chi connectivity index (χ1v) is 10.8. The Morgan fingerprint density at radius 2 is 1.72 bits per heavy atom. The van der Waals surface area contributed by atoms with Gasteiger partial charge in [-0.05, 0) is 60.3 Å². The van der Waals surface area contributed by atoms with Crippen molar-refractivity contribution in [3.05, 3.63) is 59.2 Å². The number of hydrogen-bond donors (Lipinski definition) is 0. The summed E-state index contributed by atoms with van der Waals surface area (Å²) in [6.07, 6.45) is -3.95. The average molecular weight is 448 g/mol. The maximum Gasteiger partial charge on any atom is 0.416 e. The van der Waals surface area contributed by atoms with E-state index in [0.717, 1.165) is 27.8 Å². The van der Waals surface area contributed by atoms with Gasteiger partial charge >= 0.3 is 12.1 Å². The Morgan fingerprint density at radius 1 is 1.10 bits per heavy atom. The van der Waals surface area contributed by atoms with Crippen LogP contribution >= 0.6 is 11.9 Å². The molecule has 5 nitrogen and oxygen atoms in total. The third kappa shape index (κ3) is 5.31. The smallest absolute Gasteiger partial charge is 0.416 e. The van der Waals surface area contributed by atoms with Gasteiger partial charge in [-0.2, -0.15) is 13.2 Å². The fourth-order valence-electron chi connectivity index (χ4n) is 2.55. The summed E-state index contributed by atoms with van der Waals surface area (Å²) in [5, 5.41) is 0. The fourth-order valence-corrected chi connectivity index (χ4v) is 5.16. The SMILES string of the molecule is CCc1ccc(S(=O)(=O)N(CC)Sc2ccc(C(F)(F)F)cc2)cc1C(=O)OC. The van der Waals surface area contributed by atoms with Crippen LogP contribution in [-0.4, -0.2) is 31.8 Å². The highest BCUT2D eigenvalue weighted by molar-refractivity contribution is 8.08. The number of sulfonamides is 1. The zero-order valence-electron chi connectivity index (χ0n) is 16.0. The molecule has 0 radical (unpaired) electrons. The molecule has 2 aromatic carbocycles. The van der Waals surface area contributed by atoms with Gasteiger partial charge in [0, 0.05) is 11.4 Å². The Morgan fingerprint density at radius 3 is 2.21 bits per heavy atom. The third-order valence-corrected chi connectivity index (χ3v) is 7.48. The molecule has 0 amide bonds. The van der Waals surface area contributed by atoms with Crippen molar-refractivity contribution in [2.24, 2.45) is 0 Å². The van der Waals surface area contributed by atoms with Crippen LogP contribution in [0.25, 0.3) is 0 Å². The molecule has 158 valence electrons. The van der Waals surface area contributed by atoms with Crippen LogP contribution in [-0.2, 0) is 27.4 Å². The predicted molar refractivity (Wildman–Crippen MR) is 104 cm³/mol. The topological polar surface area (TPSA) is 63.7 Å². The molecule has 0 heterocycles. The summed E-state index contributed by atoms with van der Waals surface area (Å²) in [4.78, 5) is 12.2. The lowest BCUT2D eigenvalue weighted by Gasteiger charge is -2.20. The van der Waals surface area contributed by atoms with E-state index in [2.05, 4.69) is 0 Å². The number of esters is 1. The van der Waals surface area contributed by atoms with Gasteiger partial charge in [0.15, 0.2) is 0 Å². The summed E-state index contributed by atoms with van der Waals surface area (Å²) in [6, 6.07) is 8.43. The number of ether oxygens (including phenoxy) is 1. The van der Waals surface area contributed by atoms with Crippen LogP contribution in [0.2, 0.25) is 0 Å². The molecule has 0 saturated carbocycles. The molecule has 0 fully saturated rings. The number of hydrogen-bond acceptors (Lipinski definition) is 5. The first-order chi connectivity index (χ1) is 13.5. The number of alkyl halides is 3. The van der Waals surface area contributed by atoms with Crippen molar-refractivity contribution in [3.63, 3.8) is 0 Å². The Hall–Kier alpha value is -2.04. The predicted octanol–water partition coefficient (Wildman–Crippen LogP) is 4.77. The molecule has 0 spiro atoms. The van der Waals surface area contributed by atoms with Gasteiger partial charge in [-0.15, -0.1) is 3.71 Å². The number of nitrogens with zero attached hydrogens (tertiary/aromatic N) is 1. The van der Waals surface area contributed by atoms with Crippen LogP contribution in [0.3, 0.4) is 0 Å². The van der Waals surface area contributed by atoms with Crippen molar-refractivity contribution in [2.45, 2.75) is 36.2 Å². The maximum atomic E-state index is 13.0. The molecule has 0 saturated heterocycles. The van der Waals surface area contributed by atoms with E-state index in [0.29, 0.717) is 16.9 Å². The first-order valence-electron chi connectivity index (χ1n) is 8.63. The van der Waals surface area contributed by atoms with Crippen molar-refractivity contribution in [1.82, 2.24) is 3.71 Å². The van der Waals surface area contributed by atoms with Gasteiger partial charge in [-0.25, -0.2) is 13.2 Å². The summed E-state index contributed by atoms with van der Waals surface area (Å²) in [6.45, 7) is 3.50. The molecule has 0 bridgehead atoms. The number of carbonyl (C=O) groups excluding carboxylic acids is 1. The van der Waals surface area contributed by atoms with E-state index in [1.165, 1.54) is 31.4 Å². The minimum atomic E-state index is -4.47. The number of aryl methyl sites for hydroxylation is 1. The third-order valence-electron chi connectivity index (χ3n) is 4.08. The first kappa shape index (κ1) is 23.2. The van der Waals surface area contributed by atoms with Gasteiger partial charge in [-0.3, -0.25) is 0 Å². The number of rotatable bonds is 7. The summed E-state index contributed by atoms with van der Waals surface area (Å²) < 4.78 is 69.9. The Kier molecular flexibility index (Phi) is 7.36. The van der Waals surface area contributed by atoms with E-state index in [9.17, 15) is 26.4 Å². The van der Waals surface area contributed by atoms with E-state index >= 15 is 0 Å². The van der Waals surface area contributed by atoms with E-state index < -0.39 is 27.7 Å². The molecule has 2 aromatic rings. The van der Waals surface area contributed by atoms with Gasteiger partial charge < -0.3 is 4.74 Å². The molecule has 0 unspecified atom stereocenters. The van der Waals surface area contributed by atoms with Crippen molar-refractivity contribution in [1.29, 1.82) is 0 Å². The van der Waals surface area contributed by atoms with Gasteiger partial charge in [0.2, 0.25) is 0 Å². The molecule has 2 rings (SSSR count). The Bertz CT molecular complexity index is 974. The monoisotopic (exact) mass is 447 g/mol. The lowest BCUT2D eigenvalue weighted by Crippen LogP contribution is -2.25. The van der Waals surface area contributed by atoms with Gasteiger partial charge in [0.25, 0.3) is 10.0 Å². The van der Waals surface area contributed by atoms with Crippen LogP contribution in [0.1, 0.15) is 35.3 Å². The summed E-state index contributed by atoms with van der Waals surface area (Å²) >= 11 is 0.802. The average Bonchev–Trinajstić information content (AvgIpc) is 2.70. The molecule has 0 aliphatic carbocycles. The van der Waals surface area contributed by atoms with Crippen LogP contribution in [0, 0.1) is 0 Å². The lowest BCUT2D eigenvalue weighted by molar-refractivity contribution is -0.137. The zero-order valence-corrected chi connectivity index (χ0v) is 17.6. The van der Waals surface area contributed by atoms with E-state index in [1.807, 2.05) is 6.92 Å². The highest BCUT2D eigenvalue weighted by Gasteiger charge is 2.31. The Balaban J connectivity index is 2.36.